The first kappa shape index (κ1) is 13.5. The van der Waals surface area contributed by atoms with Gasteiger partial charge in [0.05, 0.1) is 0 Å². The van der Waals surface area contributed by atoms with Crippen molar-refractivity contribution in [3.05, 3.63) is 17.0 Å². The van der Waals surface area contributed by atoms with Gasteiger partial charge in [-0.2, -0.15) is 4.31 Å². The summed E-state index contributed by atoms with van der Waals surface area (Å²) in [5, 5.41) is 2.97. The number of piperazine rings is 1. The van der Waals surface area contributed by atoms with Gasteiger partial charge in [-0.3, -0.25) is 4.79 Å². The third-order valence-corrected chi connectivity index (χ3v) is 6.18. The fraction of sp³-hybridized carbons (Fsp3) is 0.500. The van der Waals surface area contributed by atoms with Crippen molar-refractivity contribution < 1.29 is 13.2 Å². The fourth-order valence-electron chi connectivity index (χ4n) is 1.88. The number of carbonyl (C=O) groups is 1. The van der Waals surface area contributed by atoms with E-state index in [0.29, 0.717) is 6.54 Å². The summed E-state index contributed by atoms with van der Waals surface area (Å²) in [6.07, 6.45) is 0. The van der Waals surface area contributed by atoms with Crippen LogP contribution in [0, 0.1) is 6.92 Å². The molecule has 1 atom stereocenters. The van der Waals surface area contributed by atoms with E-state index in [1.54, 1.807) is 12.1 Å². The summed E-state index contributed by atoms with van der Waals surface area (Å²) in [4.78, 5) is 12.2. The van der Waals surface area contributed by atoms with Crippen molar-refractivity contribution in [1.82, 2.24) is 9.62 Å². The molecule has 0 aliphatic carbocycles. The molecular weight excluding hydrogens is 274 g/mol. The van der Waals surface area contributed by atoms with Gasteiger partial charge in [0.1, 0.15) is 10.3 Å². The number of rotatable bonds is 3. The highest BCUT2D eigenvalue weighted by atomic mass is 32.2. The molecule has 0 aromatic carbocycles. The van der Waals surface area contributed by atoms with Crippen molar-refractivity contribution in [1.29, 1.82) is 0 Å². The molecule has 1 fully saturated rings. The number of nitrogens with two attached hydrogens (primary N) is 1. The number of primary amides is 1. The molecule has 1 aromatic rings. The van der Waals surface area contributed by atoms with Gasteiger partial charge in [0, 0.05) is 24.5 Å². The Kier molecular flexibility index (Phi) is 3.71. The van der Waals surface area contributed by atoms with Gasteiger partial charge in [-0.15, -0.1) is 11.3 Å². The molecule has 1 aliphatic rings. The van der Waals surface area contributed by atoms with Crippen LogP contribution < -0.4 is 11.1 Å². The van der Waals surface area contributed by atoms with E-state index in [0.717, 1.165) is 4.88 Å². The average molecular weight is 289 g/mol. The number of hydrogen-bond donors (Lipinski definition) is 2. The van der Waals surface area contributed by atoms with Gasteiger partial charge in [0.2, 0.25) is 5.91 Å². The van der Waals surface area contributed by atoms with Crippen LogP contribution >= 0.6 is 11.3 Å². The van der Waals surface area contributed by atoms with Crippen LogP contribution in [0.2, 0.25) is 0 Å². The van der Waals surface area contributed by atoms with Crippen LogP contribution in [-0.4, -0.2) is 44.3 Å². The predicted octanol–water partition coefficient (Wildman–Crippen LogP) is -0.496. The van der Waals surface area contributed by atoms with E-state index in [1.165, 1.54) is 15.6 Å². The first-order valence-corrected chi connectivity index (χ1v) is 7.77. The molecule has 8 heteroatoms. The van der Waals surface area contributed by atoms with Crippen molar-refractivity contribution in [2.75, 3.05) is 19.6 Å². The molecule has 18 heavy (non-hydrogen) atoms. The quantitative estimate of drug-likeness (QED) is 0.785. The van der Waals surface area contributed by atoms with Crippen molar-refractivity contribution in [3.8, 4) is 0 Å². The molecule has 100 valence electrons. The Hall–Kier alpha value is -0.960. The maximum atomic E-state index is 12.4. The van der Waals surface area contributed by atoms with Crippen LogP contribution in [0.25, 0.3) is 0 Å². The predicted molar refractivity (Wildman–Crippen MR) is 68.8 cm³/mol. The summed E-state index contributed by atoms with van der Waals surface area (Å²) < 4.78 is 26.3. The average Bonchev–Trinajstić information content (AvgIpc) is 2.76. The highest BCUT2D eigenvalue weighted by Crippen LogP contribution is 2.26. The summed E-state index contributed by atoms with van der Waals surface area (Å²) in [6, 6.07) is 2.50. The van der Waals surface area contributed by atoms with Gasteiger partial charge in [-0.1, -0.05) is 0 Å². The van der Waals surface area contributed by atoms with Gasteiger partial charge < -0.3 is 11.1 Å². The van der Waals surface area contributed by atoms with Crippen LogP contribution in [0.15, 0.2) is 16.3 Å². The molecule has 1 aromatic heterocycles. The third kappa shape index (κ3) is 2.41. The molecule has 0 spiro atoms. The second-order valence-corrected chi connectivity index (χ2v) is 7.51. The zero-order valence-corrected chi connectivity index (χ0v) is 11.6. The highest BCUT2D eigenvalue weighted by molar-refractivity contribution is 7.91. The number of carbonyl (C=O) groups excluding carboxylic acids is 1. The second-order valence-electron chi connectivity index (χ2n) is 4.10. The van der Waals surface area contributed by atoms with Gasteiger partial charge in [-0.05, 0) is 19.1 Å². The molecule has 0 saturated carbocycles. The molecular formula is C10H15N3O3S2. The lowest BCUT2D eigenvalue weighted by Crippen LogP contribution is -2.58. The smallest absolute Gasteiger partial charge is 0.253 e. The Morgan fingerprint density at radius 1 is 1.56 bits per heavy atom. The maximum absolute atomic E-state index is 12.4. The zero-order valence-electron chi connectivity index (χ0n) is 9.92. The zero-order chi connectivity index (χ0) is 13.3. The topological polar surface area (TPSA) is 92.5 Å². The molecule has 1 unspecified atom stereocenters. The molecule has 6 nitrogen and oxygen atoms in total. The van der Waals surface area contributed by atoms with E-state index in [1.807, 2.05) is 6.92 Å². The molecule has 1 saturated heterocycles. The molecule has 1 amide bonds. The SMILES string of the molecule is Cc1ccc(S(=O)(=O)N2CCNCC2C(N)=O)s1. The molecule has 2 rings (SSSR count). The van der Waals surface area contributed by atoms with E-state index >= 15 is 0 Å². The van der Waals surface area contributed by atoms with Crippen molar-refractivity contribution in [3.63, 3.8) is 0 Å². The van der Waals surface area contributed by atoms with E-state index < -0.39 is 22.0 Å². The Morgan fingerprint density at radius 3 is 2.83 bits per heavy atom. The minimum Gasteiger partial charge on any atom is -0.368 e. The lowest BCUT2D eigenvalue weighted by Gasteiger charge is -2.32. The summed E-state index contributed by atoms with van der Waals surface area (Å²) in [7, 11) is -3.62. The number of nitrogens with one attached hydrogen (secondary N) is 1. The van der Waals surface area contributed by atoms with Crippen LogP contribution in [0.1, 0.15) is 4.88 Å². The standard InChI is InChI=1S/C10H15N3O3S2/c1-7-2-3-9(17-7)18(15,16)13-5-4-12-6-8(13)10(11)14/h2-3,8,12H,4-6H2,1H3,(H2,11,14). The van der Waals surface area contributed by atoms with E-state index in [2.05, 4.69) is 5.32 Å². The van der Waals surface area contributed by atoms with Crippen molar-refractivity contribution in [2.24, 2.45) is 5.73 Å². The monoisotopic (exact) mass is 289 g/mol. The van der Waals surface area contributed by atoms with Crippen LogP contribution in [0.3, 0.4) is 0 Å². The molecule has 3 N–H and O–H groups in total. The third-order valence-electron chi connectivity index (χ3n) is 2.80. The number of amides is 1. The number of thiophene rings is 1. The number of sulfonamides is 1. The molecule has 0 radical (unpaired) electrons. The summed E-state index contributed by atoms with van der Waals surface area (Å²) in [5.41, 5.74) is 5.26. The summed E-state index contributed by atoms with van der Waals surface area (Å²) in [5.74, 6) is -0.626. The van der Waals surface area contributed by atoms with Gasteiger partial charge in [-0.25, -0.2) is 8.42 Å². The number of hydrogen-bond acceptors (Lipinski definition) is 5. The Labute approximate surface area is 110 Å². The Morgan fingerprint density at radius 2 is 2.28 bits per heavy atom. The normalized spacial score (nSPS) is 21.9. The fourth-order valence-corrected chi connectivity index (χ4v) is 4.89. The van der Waals surface area contributed by atoms with Crippen LogP contribution in [0.4, 0.5) is 0 Å². The number of nitrogens with zero attached hydrogens (tertiary/aromatic N) is 1. The molecule has 2 heterocycles. The summed E-state index contributed by atoms with van der Waals surface area (Å²) >= 11 is 1.20. The Bertz CT molecular complexity index is 552. The van der Waals surface area contributed by atoms with E-state index in [4.69, 9.17) is 5.73 Å². The molecule has 0 bridgehead atoms. The van der Waals surface area contributed by atoms with E-state index in [-0.39, 0.29) is 17.3 Å². The molecule has 1 aliphatic heterocycles. The van der Waals surface area contributed by atoms with Gasteiger partial charge in [0.15, 0.2) is 0 Å². The van der Waals surface area contributed by atoms with Gasteiger partial charge in [0.25, 0.3) is 10.0 Å². The highest BCUT2D eigenvalue weighted by Gasteiger charge is 2.37. The minimum absolute atomic E-state index is 0.257. The lowest BCUT2D eigenvalue weighted by atomic mass is 10.2. The second kappa shape index (κ2) is 4.96. The van der Waals surface area contributed by atoms with Crippen LogP contribution in [0.5, 0.6) is 0 Å². The van der Waals surface area contributed by atoms with Crippen molar-refractivity contribution in [2.45, 2.75) is 17.2 Å². The first-order valence-electron chi connectivity index (χ1n) is 5.51. The van der Waals surface area contributed by atoms with Crippen LogP contribution in [-0.2, 0) is 14.8 Å². The number of aryl methyl sites for hydroxylation is 1. The van der Waals surface area contributed by atoms with E-state index in [9.17, 15) is 13.2 Å². The van der Waals surface area contributed by atoms with Gasteiger partial charge >= 0.3 is 0 Å². The summed E-state index contributed by atoms with van der Waals surface area (Å²) in [6.45, 7) is 2.88. The maximum Gasteiger partial charge on any atom is 0.253 e. The largest absolute Gasteiger partial charge is 0.368 e. The Balaban J connectivity index is 2.36. The first-order chi connectivity index (χ1) is 8.43. The minimum atomic E-state index is -3.62. The van der Waals surface area contributed by atoms with Crippen molar-refractivity contribution >= 4 is 27.3 Å². The lowest BCUT2D eigenvalue weighted by molar-refractivity contribution is -0.122.